The van der Waals surface area contributed by atoms with Gasteiger partial charge in [-0.3, -0.25) is 0 Å². The third kappa shape index (κ3) is 5.38. The quantitative estimate of drug-likeness (QED) is 0.691. The van der Waals surface area contributed by atoms with Gasteiger partial charge in [-0.05, 0) is 19.3 Å². The van der Waals surface area contributed by atoms with Crippen molar-refractivity contribution in [2.45, 2.75) is 46.1 Å². The lowest BCUT2D eigenvalue weighted by molar-refractivity contribution is 0.202. The first-order valence-electron chi connectivity index (χ1n) is 7.80. The zero-order chi connectivity index (χ0) is 15.7. The van der Waals surface area contributed by atoms with E-state index in [0.29, 0.717) is 18.6 Å². The summed E-state index contributed by atoms with van der Waals surface area (Å²) in [5.74, 6) is 1.96. The van der Waals surface area contributed by atoms with Gasteiger partial charge in [-0.2, -0.15) is 9.97 Å². The molecule has 0 radical (unpaired) electrons. The number of aromatic nitrogens is 2. The van der Waals surface area contributed by atoms with Crippen molar-refractivity contribution in [3.05, 3.63) is 6.07 Å². The van der Waals surface area contributed by atoms with Crippen LogP contribution in [0, 0.1) is 0 Å². The lowest BCUT2D eigenvalue weighted by Crippen LogP contribution is -2.38. The molecule has 6 nitrogen and oxygen atoms in total. The Bertz CT molecular complexity index is 409. The van der Waals surface area contributed by atoms with Gasteiger partial charge in [-0.15, -0.1) is 0 Å². The predicted molar refractivity (Wildman–Crippen MR) is 88.8 cm³/mol. The highest BCUT2D eigenvalue weighted by Crippen LogP contribution is 2.21. The lowest BCUT2D eigenvalue weighted by atomic mass is 10.1. The molecule has 1 heterocycles. The van der Waals surface area contributed by atoms with Crippen molar-refractivity contribution in [2.75, 3.05) is 42.8 Å². The molecule has 0 aromatic carbocycles. The van der Waals surface area contributed by atoms with Crippen LogP contribution in [0.2, 0.25) is 0 Å². The van der Waals surface area contributed by atoms with Gasteiger partial charge in [0, 0.05) is 32.3 Å². The summed E-state index contributed by atoms with van der Waals surface area (Å²) in [5.41, 5.74) is 5.86. The van der Waals surface area contributed by atoms with E-state index >= 15 is 0 Å². The minimum absolute atomic E-state index is 0.305. The minimum Gasteiger partial charge on any atom is -0.383 e. The van der Waals surface area contributed by atoms with E-state index in [1.165, 1.54) is 0 Å². The van der Waals surface area contributed by atoms with Crippen LogP contribution >= 0.6 is 0 Å². The van der Waals surface area contributed by atoms with Crippen LogP contribution in [0.4, 0.5) is 17.6 Å². The average molecular weight is 295 g/mol. The number of nitrogen functional groups attached to an aromatic ring is 1. The summed E-state index contributed by atoms with van der Waals surface area (Å²) in [6.07, 6.45) is 3.16. The van der Waals surface area contributed by atoms with Crippen molar-refractivity contribution in [2.24, 2.45) is 0 Å². The van der Waals surface area contributed by atoms with Crippen LogP contribution < -0.4 is 16.0 Å². The zero-order valence-electron chi connectivity index (χ0n) is 13.7. The van der Waals surface area contributed by atoms with Crippen molar-refractivity contribution in [3.8, 4) is 0 Å². The molecule has 1 aromatic rings. The van der Waals surface area contributed by atoms with Crippen LogP contribution in [-0.4, -0.2) is 42.8 Å². The second-order valence-electron chi connectivity index (χ2n) is 5.05. The van der Waals surface area contributed by atoms with E-state index in [-0.39, 0.29) is 0 Å². The maximum atomic E-state index is 5.86. The van der Waals surface area contributed by atoms with Crippen molar-refractivity contribution in [1.29, 1.82) is 0 Å². The summed E-state index contributed by atoms with van der Waals surface area (Å²) >= 11 is 0. The molecule has 0 saturated carbocycles. The molecule has 0 aliphatic rings. The van der Waals surface area contributed by atoms with Gasteiger partial charge in [0.1, 0.15) is 11.6 Å². The SMILES string of the molecule is CCCNc1cc(N(CCOC)C(CC)CC)nc(N)n1. The van der Waals surface area contributed by atoms with Crippen LogP contribution in [0.25, 0.3) is 0 Å². The fourth-order valence-corrected chi connectivity index (χ4v) is 2.35. The Balaban J connectivity index is 3.01. The molecule has 0 atom stereocenters. The van der Waals surface area contributed by atoms with Crippen LogP contribution in [0.3, 0.4) is 0 Å². The molecule has 0 fully saturated rings. The summed E-state index contributed by atoms with van der Waals surface area (Å²) in [4.78, 5) is 10.9. The Labute approximate surface area is 128 Å². The molecule has 3 N–H and O–H groups in total. The molecule has 0 amide bonds. The van der Waals surface area contributed by atoms with Gasteiger partial charge < -0.3 is 20.7 Å². The molecule has 120 valence electrons. The van der Waals surface area contributed by atoms with E-state index in [4.69, 9.17) is 10.5 Å². The molecule has 1 aromatic heterocycles. The van der Waals surface area contributed by atoms with Crippen molar-refractivity contribution in [3.63, 3.8) is 0 Å². The summed E-state index contributed by atoms with van der Waals surface area (Å²) in [7, 11) is 1.72. The highest BCUT2D eigenvalue weighted by molar-refractivity contribution is 5.53. The van der Waals surface area contributed by atoms with E-state index in [1.807, 2.05) is 6.07 Å². The number of nitrogens with zero attached hydrogens (tertiary/aromatic N) is 3. The average Bonchev–Trinajstić information content (AvgIpc) is 2.48. The molecule has 0 saturated heterocycles. The van der Waals surface area contributed by atoms with E-state index in [0.717, 1.165) is 44.0 Å². The number of nitrogens with one attached hydrogen (secondary N) is 1. The number of anilines is 3. The highest BCUT2D eigenvalue weighted by atomic mass is 16.5. The first-order chi connectivity index (χ1) is 10.2. The Morgan fingerprint density at radius 1 is 1.29 bits per heavy atom. The Morgan fingerprint density at radius 3 is 2.57 bits per heavy atom. The van der Waals surface area contributed by atoms with Crippen molar-refractivity contribution < 1.29 is 4.74 Å². The molecule has 21 heavy (non-hydrogen) atoms. The van der Waals surface area contributed by atoms with Crippen LogP contribution in [0.1, 0.15) is 40.0 Å². The molecular formula is C15H29N5O. The first-order valence-corrected chi connectivity index (χ1v) is 7.80. The van der Waals surface area contributed by atoms with E-state index < -0.39 is 0 Å². The van der Waals surface area contributed by atoms with E-state index in [1.54, 1.807) is 7.11 Å². The molecular weight excluding hydrogens is 266 g/mol. The third-order valence-corrected chi connectivity index (χ3v) is 3.50. The second kappa shape index (κ2) is 9.39. The van der Waals surface area contributed by atoms with Crippen LogP contribution in [0.5, 0.6) is 0 Å². The molecule has 0 bridgehead atoms. The number of methoxy groups -OCH3 is 1. The normalized spacial score (nSPS) is 10.9. The Morgan fingerprint density at radius 2 is 2.00 bits per heavy atom. The van der Waals surface area contributed by atoms with Crippen LogP contribution in [-0.2, 0) is 4.74 Å². The lowest BCUT2D eigenvalue weighted by Gasteiger charge is -2.31. The van der Waals surface area contributed by atoms with Gasteiger partial charge in [-0.1, -0.05) is 20.8 Å². The molecule has 0 unspecified atom stereocenters. The number of hydrogen-bond acceptors (Lipinski definition) is 6. The summed E-state index contributed by atoms with van der Waals surface area (Å²) in [6.45, 7) is 8.83. The number of ether oxygens (including phenoxy) is 1. The summed E-state index contributed by atoms with van der Waals surface area (Å²) in [5, 5.41) is 3.27. The minimum atomic E-state index is 0.305. The standard InChI is InChI=1S/C15H29N5O/c1-5-8-17-13-11-14(19-15(16)18-13)20(9-10-21-4)12(6-2)7-3/h11-12H,5-10H2,1-4H3,(H3,16,17,18,19). The second-order valence-corrected chi connectivity index (χ2v) is 5.05. The fourth-order valence-electron chi connectivity index (χ4n) is 2.35. The number of nitrogens with two attached hydrogens (primary N) is 1. The van der Waals surface area contributed by atoms with Gasteiger partial charge >= 0.3 is 0 Å². The van der Waals surface area contributed by atoms with Crippen molar-refractivity contribution >= 4 is 17.6 Å². The van der Waals surface area contributed by atoms with Gasteiger partial charge in [0.15, 0.2) is 0 Å². The summed E-state index contributed by atoms with van der Waals surface area (Å²) in [6, 6.07) is 2.40. The van der Waals surface area contributed by atoms with Gasteiger partial charge in [-0.25, -0.2) is 0 Å². The smallest absolute Gasteiger partial charge is 0.223 e. The number of hydrogen-bond donors (Lipinski definition) is 2. The monoisotopic (exact) mass is 295 g/mol. The van der Waals surface area contributed by atoms with Crippen LogP contribution in [0.15, 0.2) is 6.07 Å². The van der Waals surface area contributed by atoms with Gasteiger partial charge in [0.05, 0.1) is 6.61 Å². The summed E-state index contributed by atoms with van der Waals surface area (Å²) < 4.78 is 5.23. The van der Waals surface area contributed by atoms with E-state index in [9.17, 15) is 0 Å². The van der Waals surface area contributed by atoms with E-state index in [2.05, 4.69) is 41.0 Å². The van der Waals surface area contributed by atoms with Gasteiger partial charge in [0.25, 0.3) is 0 Å². The molecule has 6 heteroatoms. The Kier molecular flexibility index (Phi) is 7.82. The number of rotatable bonds is 10. The maximum absolute atomic E-state index is 5.86. The topological polar surface area (TPSA) is 76.3 Å². The molecule has 0 aliphatic carbocycles. The molecule has 0 aliphatic heterocycles. The first kappa shape index (κ1) is 17.5. The zero-order valence-corrected chi connectivity index (χ0v) is 13.7. The highest BCUT2D eigenvalue weighted by Gasteiger charge is 2.18. The van der Waals surface area contributed by atoms with Gasteiger partial charge in [0.2, 0.25) is 5.95 Å². The largest absolute Gasteiger partial charge is 0.383 e. The Hall–Kier alpha value is -1.56. The van der Waals surface area contributed by atoms with Crippen molar-refractivity contribution in [1.82, 2.24) is 9.97 Å². The predicted octanol–water partition coefficient (Wildman–Crippen LogP) is 2.52. The molecule has 0 spiro atoms. The fraction of sp³-hybridized carbons (Fsp3) is 0.733. The third-order valence-electron chi connectivity index (χ3n) is 3.50. The maximum Gasteiger partial charge on any atom is 0.223 e. The molecule has 1 rings (SSSR count).